The number of halogens is 5. The van der Waals surface area contributed by atoms with Crippen LogP contribution < -0.4 is 0 Å². The van der Waals surface area contributed by atoms with Crippen LogP contribution in [0.4, 0.5) is 22.0 Å². The smallest absolute Gasteiger partial charge is 0.309 e. The third kappa shape index (κ3) is 3.58. The summed E-state index contributed by atoms with van der Waals surface area (Å²) in [4.78, 5) is 0. The highest BCUT2D eigenvalue weighted by atomic mass is 32.2. The van der Waals surface area contributed by atoms with Crippen molar-refractivity contribution in [2.45, 2.75) is 69.6 Å². The lowest BCUT2D eigenvalue weighted by atomic mass is 10.5. The quantitative estimate of drug-likeness (QED) is 0.513. The van der Waals surface area contributed by atoms with Gasteiger partial charge in [0.15, 0.2) is 0 Å². The van der Waals surface area contributed by atoms with Crippen LogP contribution in [0.25, 0.3) is 0 Å². The van der Waals surface area contributed by atoms with Crippen LogP contribution in [0.3, 0.4) is 0 Å². The van der Waals surface area contributed by atoms with Gasteiger partial charge in [-0.2, -0.15) is 30.4 Å². The van der Waals surface area contributed by atoms with Crippen molar-refractivity contribution in [2.24, 2.45) is 0 Å². The molecule has 0 saturated heterocycles. The first-order valence-electron chi connectivity index (χ1n) is 6.43. The summed E-state index contributed by atoms with van der Waals surface area (Å²) in [5.74, 6) is 0. The summed E-state index contributed by atoms with van der Waals surface area (Å²) in [6.07, 6.45) is -6.21. The monoisotopic (exact) mass is 356 g/mol. The minimum Gasteiger partial charge on any atom is -0.309 e. The second-order valence-electron chi connectivity index (χ2n) is 5.87. The molecule has 0 amide bonds. The SMILES string of the molecule is CC(C)[Si](OS(=O)(=O)C(F)(F)C(F)(F)F)(C(C)C)C(C)C. The Hall–Kier alpha value is -0.223. The van der Waals surface area contributed by atoms with Crippen molar-refractivity contribution >= 4 is 18.4 Å². The minimum absolute atomic E-state index is 0.448. The van der Waals surface area contributed by atoms with Crippen LogP contribution in [-0.4, -0.2) is 28.2 Å². The molecule has 0 N–H and O–H groups in total. The third-order valence-electron chi connectivity index (χ3n) is 3.61. The van der Waals surface area contributed by atoms with Crippen LogP contribution in [0, 0.1) is 0 Å². The molecule has 0 atom stereocenters. The van der Waals surface area contributed by atoms with E-state index in [-0.39, 0.29) is 0 Å². The highest BCUT2D eigenvalue weighted by molar-refractivity contribution is 7.89. The fourth-order valence-electron chi connectivity index (χ4n) is 2.67. The van der Waals surface area contributed by atoms with Gasteiger partial charge in [-0.15, -0.1) is 0 Å². The lowest BCUT2D eigenvalue weighted by molar-refractivity contribution is -0.243. The summed E-state index contributed by atoms with van der Waals surface area (Å²) in [5, 5.41) is -5.92. The summed E-state index contributed by atoms with van der Waals surface area (Å²) in [5.41, 5.74) is -1.34. The van der Waals surface area contributed by atoms with E-state index in [0.717, 1.165) is 0 Å². The van der Waals surface area contributed by atoms with E-state index >= 15 is 0 Å². The van der Waals surface area contributed by atoms with Crippen LogP contribution in [0.1, 0.15) is 41.5 Å². The number of hydrogen-bond donors (Lipinski definition) is 0. The van der Waals surface area contributed by atoms with Gasteiger partial charge in [0.2, 0.25) is 8.32 Å². The van der Waals surface area contributed by atoms with Crippen molar-refractivity contribution in [3.8, 4) is 0 Å². The van der Waals surface area contributed by atoms with Crippen LogP contribution >= 0.6 is 0 Å². The van der Waals surface area contributed by atoms with Gasteiger partial charge in [-0.05, 0) is 16.6 Å². The Bertz CT molecular complexity index is 435. The maximum absolute atomic E-state index is 13.2. The van der Waals surface area contributed by atoms with E-state index in [1.807, 2.05) is 0 Å². The molecule has 0 aliphatic carbocycles. The molecule has 0 rings (SSSR count). The lowest BCUT2D eigenvalue weighted by Crippen LogP contribution is -2.54. The summed E-state index contributed by atoms with van der Waals surface area (Å²) in [7, 11) is -9.53. The largest absolute Gasteiger partial charge is 0.472 e. The van der Waals surface area contributed by atoms with E-state index in [4.69, 9.17) is 0 Å². The highest BCUT2D eigenvalue weighted by Gasteiger charge is 2.70. The van der Waals surface area contributed by atoms with Gasteiger partial charge in [-0.1, -0.05) is 41.5 Å². The third-order valence-corrected chi connectivity index (χ3v) is 11.9. The van der Waals surface area contributed by atoms with Crippen LogP contribution in [0.15, 0.2) is 0 Å². The molecule has 0 fully saturated rings. The maximum Gasteiger partial charge on any atom is 0.472 e. The number of alkyl halides is 5. The van der Waals surface area contributed by atoms with E-state index in [1.165, 1.54) is 0 Å². The molecule has 3 nitrogen and oxygen atoms in total. The van der Waals surface area contributed by atoms with Gasteiger partial charge in [-0.3, -0.25) is 0 Å². The second kappa shape index (κ2) is 6.11. The van der Waals surface area contributed by atoms with Gasteiger partial charge in [0.25, 0.3) is 0 Å². The Morgan fingerprint density at radius 1 is 0.810 bits per heavy atom. The number of hydrogen-bond acceptors (Lipinski definition) is 3. The van der Waals surface area contributed by atoms with Crippen LogP contribution in [0.2, 0.25) is 16.6 Å². The first-order chi connectivity index (χ1) is 9.04. The van der Waals surface area contributed by atoms with Crippen molar-refractivity contribution < 1.29 is 34.2 Å². The van der Waals surface area contributed by atoms with Gasteiger partial charge in [-0.25, -0.2) is 0 Å². The predicted octanol–water partition coefficient (Wildman–Crippen LogP) is 4.66. The molecule has 0 aromatic rings. The first-order valence-corrected chi connectivity index (χ1v) is 9.98. The maximum atomic E-state index is 13.2. The van der Waals surface area contributed by atoms with Crippen molar-refractivity contribution in [3.63, 3.8) is 0 Å². The zero-order valence-corrected chi connectivity index (χ0v) is 14.6. The molecular formula is C11H21F5O3SSi. The summed E-state index contributed by atoms with van der Waals surface area (Å²) < 4.78 is 91.2. The van der Waals surface area contributed by atoms with Gasteiger partial charge in [0.05, 0.1) is 0 Å². The zero-order valence-electron chi connectivity index (χ0n) is 12.8. The Labute approximate surface area is 123 Å². The Kier molecular flexibility index (Phi) is 6.05. The van der Waals surface area contributed by atoms with Gasteiger partial charge < -0.3 is 3.87 Å². The molecule has 0 spiro atoms. The van der Waals surface area contributed by atoms with Gasteiger partial charge in [0, 0.05) is 0 Å². The normalized spacial score (nSPS) is 15.3. The molecule has 0 aromatic heterocycles. The van der Waals surface area contributed by atoms with Crippen molar-refractivity contribution in [1.82, 2.24) is 0 Å². The molecule has 21 heavy (non-hydrogen) atoms. The molecule has 10 heteroatoms. The zero-order chi connectivity index (χ0) is 17.4. The Morgan fingerprint density at radius 2 is 1.10 bits per heavy atom. The summed E-state index contributed by atoms with van der Waals surface area (Å²) in [6, 6.07) is 0. The molecule has 0 unspecified atom stereocenters. The van der Waals surface area contributed by atoms with E-state index in [0.29, 0.717) is 0 Å². The molecular weight excluding hydrogens is 335 g/mol. The second-order valence-corrected chi connectivity index (χ2v) is 13.1. The first kappa shape index (κ1) is 20.8. The molecule has 0 radical (unpaired) electrons. The molecule has 128 valence electrons. The average Bonchev–Trinajstić information content (AvgIpc) is 2.22. The molecule has 0 bridgehead atoms. The van der Waals surface area contributed by atoms with Crippen molar-refractivity contribution in [1.29, 1.82) is 0 Å². The minimum atomic E-state index is -6.21. The number of rotatable bonds is 6. The van der Waals surface area contributed by atoms with Crippen LogP contribution in [0.5, 0.6) is 0 Å². The standard InChI is InChI=1S/C11H21F5O3SSi/c1-7(2)21(8(3)4,9(5)6)19-20(17,18)11(15,16)10(12,13)14/h7-9H,1-6H3. The van der Waals surface area contributed by atoms with E-state index in [9.17, 15) is 30.4 Å². The highest BCUT2D eigenvalue weighted by Crippen LogP contribution is 2.48. The van der Waals surface area contributed by atoms with Crippen LogP contribution in [-0.2, 0) is 14.0 Å². The molecule has 0 aromatic carbocycles. The van der Waals surface area contributed by atoms with Gasteiger partial charge in [0.1, 0.15) is 0 Å². The molecule has 0 saturated carbocycles. The van der Waals surface area contributed by atoms with Crippen molar-refractivity contribution in [3.05, 3.63) is 0 Å². The van der Waals surface area contributed by atoms with E-state index in [2.05, 4.69) is 3.87 Å². The Morgan fingerprint density at radius 3 is 1.29 bits per heavy atom. The topological polar surface area (TPSA) is 43.4 Å². The Balaban J connectivity index is 5.99. The van der Waals surface area contributed by atoms with E-state index < -0.39 is 46.5 Å². The fraction of sp³-hybridized carbons (Fsp3) is 1.00. The average molecular weight is 356 g/mol. The summed E-state index contributed by atoms with van der Waals surface area (Å²) >= 11 is 0. The van der Waals surface area contributed by atoms with Crippen molar-refractivity contribution in [2.75, 3.05) is 0 Å². The molecule has 0 heterocycles. The summed E-state index contributed by atoms with van der Waals surface area (Å²) in [6.45, 7) is 9.46. The van der Waals surface area contributed by atoms with E-state index in [1.54, 1.807) is 41.5 Å². The molecule has 0 aliphatic heterocycles. The molecule has 0 aliphatic rings. The fourth-order valence-corrected chi connectivity index (χ4v) is 11.2. The van der Waals surface area contributed by atoms with Gasteiger partial charge >= 0.3 is 21.5 Å². The lowest BCUT2D eigenvalue weighted by Gasteiger charge is -2.41. The predicted molar refractivity (Wildman–Crippen MR) is 72.1 cm³/mol.